The lowest BCUT2D eigenvalue weighted by Crippen LogP contribution is -2.30. The summed E-state index contributed by atoms with van der Waals surface area (Å²) in [5.41, 5.74) is 5.27. The lowest BCUT2D eigenvalue weighted by atomic mass is 10.1. The van der Waals surface area contributed by atoms with E-state index in [4.69, 9.17) is 28.9 Å². The second-order valence-electron chi connectivity index (χ2n) is 2.97. The van der Waals surface area contributed by atoms with E-state index in [9.17, 15) is 8.78 Å². The lowest BCUT2D eigenvalue weighted by Gasteiger charge is -2.14. The van der Waals surface area contributed by atoms with E-state index in [0.717, 1.165) is 0 Å². The monoisotopic (exact) mass is 239 g/mol. The van der Waals surface area contributed by atoms with E-state index in [1.807, 2.05) is 0 Å². The topological polar surface area (TPSA) is 26.0 Å². The van der Waals surface area contributed by atoms with Crippen molar-refractivity contribution in [1.82, 2.24) is 0 Å². The maximum absolute atomic E-state index is 12.9. The van der Waals surface area contributed by atoms with E-state index in [2.05, 4.69) is 0 Å². The van der Waals surface area contributed by atoms with E-state index in [1.165, 1.54) is 18.2 Å². The van der Waals surface area contributed by atoms with Gasteiger partial charge in [0.1, 0.15) is 0 Å². The number of hydrogen-bond acceptors (Lipinski definition) is 1. The number of nitrogens with two attached hydrogens (primary N) is 1. The van der Waals surface area contributed by atoms with Gasteiger partial charge in [0, 0.05) is 16.5 Å². The molecule has 0 aliphatic heterocycles. The standard InChI is InChI=1S/C9H9Cl2F2N/c10-7-2-1-6(8(11)3-7)4-9(12,13)5-14/h1-3H,4-5,14H2. The molecule has 1 aromatic rings. The van der Waals surface area contributed by atoms with Crippen LogP contribution in [0.4, 0.5) is 8.78 Å². The molecule has 1 rings (SSSR count). The molecule has 78 valence electrons. The van der Waals surface area contributed by atoms with Gasteiger partial charge in [0.05, 0.1) is 6.54 Å². The van der Waals surface area contributed by atoms with Crippen LogP contribution in [0.3, 0.4) is 0 Å². The van der Waals surface area contributed by atoms with Crippen LogP contribution in [0.5, 0.6) is 0 Å². The quantitative estimate of drug-likeness (QED) is 0.862. The van der Waals surface area contributed by atoms with Crippen molar-refractivity contribution in [3.63, 3.8) is 0 Å². The third-order valence-corrected chi connectivity index (χ3v) is 2.35. The van der Waals surface area contributed by atoms with Gasteiger partial charge < -0.3 is 5.73 Å². The predicted octanol–water partition coefficient (Wildman–Crippen LogP) is 3.13. The highest BCUT2D eigenvalue weighted by Gasteiger charge is 2.27. The number of hydrogen-bond donors (Lipinski definition) is 1. The molecule has 0 aromatic heterocycles. The van der Waals surface area contributed by atoms with Crippen LogP contribution in [0, 0.1) is 0 Å². The Kier molecular flexibility index (Phi) is 3.70. The zero-order valence-electron chi connectivity index (χ0n) is 7.24. The van der Waals surface area contributed by atoms with Gasteiger partial charge in [0.25, 0.3) is 5.92 Å². The minimum atomic E-state index is -2.92. The highest BCUT2D eigenvalue weighted by Crippen LogP contribution is 2.26. The van der Waals surface area contributed by atoms with Crippen molar-refractivity contribution in [3.8, 4) is 0 Å². The van der Waals surface area contributed by atoms with Gasteiger partial charge in [-0.05, 0) is 17.7 Å². The molecular weight excluding hydrogens is 231 g/mol. The van der Waals surface area contributed by atoms with Gasteiger partial charge in [-0.15, -0.1) is 0 Å². The summed E-state index contributed by atoms with van der Waals surface area (Å²) in [6.07, 6.45) is -0.459. The van der Waals surface area contributed by atoms with Crippen molar-refractivity contribution in [2.24, 2.45) is 5.73 Å². The van der Waals surface area contributed by atoms with Crippen molar-refractivity contribution in [3.05, 3.63) is 33.8 Å². The third-order valence-electron chi connectivity index (χ3n) is 1.76. The van der Waals surface area contributed by atoms with E-state index in [-0.39, 0.29) is 5.02 Å². The number of benzene rings is 1. The van der Waals surface area contributed by atoms with Crippen molar-refractivity contribution < 1.29 is 8.78 Å². The summed E-state index contributed by atoms with van der Waals surface area (Å²) in [7, 11) is 0. The molecule has 0 atom stereocenters. The smallest absolute Gasteiger partial charge is 0.264 e. The average Bonchev–Trinajstić information content (AvgIpc) is 2.10. The first-order chi connectivity index (χ1) is 6.44. The van der Waals surface area contributed by atoms with Gasteiger partial charge in [-0.2, -0.15) is 0 Å². The molecule has 0 heterocycles. The first-order valence-electron chi connectivity index (χ1n) is 3.96. The highest BCUT2D eigenvalue weighted by atomic mass is 35.5. The molecule has 0 unspecified atom stereocenters. The largest absolute Gasteiger partial charge is 0.325 e. The Morgan fingerprint density at radius 1 is 1.29 bits per heavy atom. The molecule has 1 nitrogen and oxygen atoms in total. The molecule has 0 fully saturated rings. The van der Waals surface area contributed by atoms with Gasteiger partial charge in [0.2, 0.25) is 0 Å². The Hall–Kier alpha value is -0.380. The fourth-order valence-corrected chi connectivity index (χ4v) is 1.49. The molecule has 0 spiro atoms. The molecule has 2 N–H and O–H groups in total. The number of alkyl halides is 2. The summed E-state index contributed by atoms with van der Waals surface area (Å²) in [4.78, 5) is 0. The first kappa shape index (κ1) is 11.7. The van der Waals surface area contributed by atoms with Crippen molar-refractivity contribution >= 4 is 23.2 Å². The molecule has 0 aliphatic rings. The second kappa shape index (κ2) is 4.43. The van der Waals surface area contributed by atoms with E-state index in [0.29, 0.717) is 10.6 Å². The first-order valence-corrected chi connectivity index (χ1v) is 4.72. The van der Waals surface area contributed by atoms with Crippen LogP contribution in [-0.2, 0) is 6.42 Å². The Labute approximate surface area is 90.8 Å². The zero-order chi connectivity index (χ0) is 10.8. The Balaban J connectivity index is 2.87. The van der Waals surface area contributed by atoms with Crippen LogP contribution in [0.1, 0.15) is 5.56 Å². The van der Waals surface area contributed by atoms with Crippen LogP contribution in [0.2, 0.25) is 10.0 Å². The molecule has 0 bridgehead atoms. The summed E-state index contributed by atoms with van der Waals surface area (Å²) >= 11 is 11.4. The number of rotatable bonds is 3. The molecular formula is C9H9Cl2F2N. The SMILES string of the molecule is NCC(F)(F)Cc1ccc(Cl)cc1Cl. The molecule has 0 saturated heterocycles. The molecule has 1 aromatic carbocycles. The molecule has 0 amide bonds. The summed E-state index contributed by atoms with van der Waals surface area (Å²) in [5, 5.41) is 0.667. The highest BCUT2D eigenvalue weighted by molar-refractivity contribution is 6.35. The Bertz CT molecular complexity index is 329. The zero-order valence-corrected chi connectivity index (χ0v) is 8.75. The molecule has 5 heteroatoms. The molecule has 14 heavy (non-hydrogen) atoms. The van der Waals surface area contributed by atoms with Crippen LogP contribution in [-0.4, -0.2) is 12.5 Å². The molecule has 0 saturated carbocycles. The van der Waals surface area contributed by atoms with Crippen molar-refractivity contribution in [1.29, 1.82) is 0 Å². The van der Waals surface area contributed by atoms with E-state index in [1.54, 1.807) is 0 Å². The Morgan fingerprint density at radius 3 is 2.43 bits per heavy atom. The van der Waals surface area contributed by atoms with E-state index >= 15 is 0 Å². The molecule has 0 radical (unpaired) electrons. The summed E-state index contributed by atoms with van der Waals surface area (Å²) < 4.78 is 25.8. The summed E-state index contributed by atoms with van der Waals surface area (Å²) in [6, 6.07) is 4.44. The maximum Gasteiger partial charge on any atom is 0.264 e. The third kappa shape index (κ3) is 3.08. The van der Waals surface area contributed by atoms with Crippen LogP contribution >= 0.6 is 23.2 Å². The van der Waals surface area contributed by atoms with Crippen LogP contribution in [0.15, 0.2) is 18.2 Å². The Morgan fingerprint density at radius 2 is 1.93 bits per heavy atom. The van der Waals surface area contributed by atoms with Crippen molar-refractivity contribution in [2.45, 2.75) is 12.3 Å². The van der Waals surface area contributed by atoms with Crippen molar-refractivity contribution in [2.75, 3.05) is 6.54 Å². The minimum absolute atomic E-state index is 0.241. The van der Waals surface area contributed by atoms with Gasteiger partial charge in [-0.1, -0.05) is 29.3 Å². The maximum atomic E-state index is 12.9. The molecule has 0 aliphatic carbocycles. The van der Waals surface area contributed by atoms with Gasteiger partial charge in [-0.25, -0.2) is 8.78 Å². The second-order valence-corrected chi connectivity index (χ2v) is 3.82. The predicted molar refractivity (Wildman–Crippen MR) is 54.2 cm³/mol. The van der Waals surface area contributed by atoms with E-state index < -0.39 is 18.9 Å². The summed E-state index contributed by atoms with van der Waals surface area (Å²) in [6.45, 7) is -0.689. The normalized spacial score (nSPS) is 11.8. The van der Waals surface area contributed by atoms with Gasteiger partial charge in [0.15, 0.2) is 0 Å². The lowest BCUT2D eigenvalue weighted by molar-refractivity contribution is 0.0115. The summed E-state index contributed by atoms with van der Waals surface area (Å²) in [5.74, 6) is -2.92. The number of halogens is 4. The fourth-order valence-electron chi connectivity index (χ4n) is 1.02. The fraction of sp³-hybridized carbons (Fsp3) is 0.333. The van der Waals surface area contributed by atoms with Crippen LogP contribution < -0.4 is 5.73 Å². The minimum Gasteiger partial charge on any atom is -0.325 e. The average molecular weight is 240 g/mol. The van der Waals surface area contributed by atoms with Crippen LogP contribution in [0.25, 0.3) is 0 Å². The van der Waals surface area contributed by atoms with Gasteiger partial charge >= 0.3 is 0 Å². The van der Waals surface area contributed by atoms with Gasteiger partial charge in [-0.3, -0.25) is 0 Å².